The first-order valence-electron chi connectivity index (χ1n) is 4.27. The van der Waals surface area contributed by atoms with Crippen LogP contribution in [0.2, 0.25) is 5.02 Å². The van der Waals surface area contributed by atoms with Crippen LogP contribution in [0.5, 0.6) is 5.75 Å². The smallest absolute Gasteiger partial charge is 0.123 e. The molecule has 1 atom stereocenters. The van der Waals surface area contributed by atoms with Crippen molar-refractivity contribution >= 4 is 11.6 Å². The van der Waals surface area contributed by atoms with Crippen molar-refractivity contribution in [2.45, 2.75) is 13.0 Å². The molecule has 2 rings (SSSR count). The molecule has 0 N–H and O–H groups in total. The molecule has 0 amide bonds. The van der Waals surface area contributed by atoms with E-state index in [0.29, 0.717) is 12.7 Å². The van der Waals surface area contributed by atoms with Crippen molar-refractivity contribution in [2.75, 3.05) is 13.2 Å². The summed E-state index contributed by atoms with van der Waals surface area (Å²) in [5.41, 5.74) is 0.991. The fourth-order valence-electron chi connectivity index (χ4n) is 1.09. The summed E-state index contributed by atoms with van der Waals surface area (Å²) in [6.07, 6.45) is 0.290. The van der Waals surface area contributed by atoms with Gasteiger partial charge < -0.3 is 9.47 Å². The Bertz CT molecular complexity index is 308. The minimum Gasteiger partial charge on any atom is -0.490 e. The van der Waals surface area contributed by atoms with E-state index in [1.54, 1.807) is 0 Å². The molecular weight excluding hydrogens is 188 g/mol. The lowest BCUT2D eigenvalue weighted by molar-refractivity contribution is 0.262. The van der Waals surface area contributed by atoms with Gasteiger partial charge in [-0.05, 0) is 19.1 Å². The van der Waals surface area contributed by atoms with Crippen molar-refractivity contribution < 1.29 is 9.47 Å². The van der Waals surface area contributed by atoms with Gasteiger partial charge in [-0.1, -0.05) is 17.7 Å². The summed E-state index contributed by atoms with van der Waals surface area (Å²) in [6, 6.07) is 5.67. The highest BCUT2D eigenvalue weighted by Crippen LogP contribution is 2.25. The van der Waals surface area contributed by atoms with E-state index in [-0.39, 0.29) is 0 Å². The molecule has 1 aliphatic rings. The molecule has 1 aromatic carbocycles. The van der Waals surface area contributed by atoms with Crippen LogP contribution in [0, 0.1) is 6.92 Å². The molecule has 1 heterocycles. The first-order valence-corrected chi connectivity index (χ1v) is 4.64. The molecule has 0 aromatic heterocycles. The van der Waals surface area contributed by atoms with E-state index >= 15 is 0 Å². The normalized spacial score (nSPS) is 20.0. The first kappa shape index (κ1) is 8.85. The Labute approximate surface area is 82.4 Å². The number of hydrogen-bond donors (Lipinski definition) is 0. The van der Waals surface area contributed by atoms with Gasteiger partial charge in [-0.3, -0.25) is 0 Å². The van der Waals surface area contributed by atoms with Gasteiger partial charge in [-0.15, -0.1) is 0 Å². The van der Waals surface area contributed by atoms with Gasteiger partial charge in [0.1, 0.15) is 18.5 Å². The molecule has 1 unspecified atom stereocenters. The molecule has 13 heavy (non-hydrogen) atoms. The van der Waals surface area contributed by atoms with Gasteiger partial charge in [0.25, 0.3) is 0 Å². The van der Waals surface area contributed by atoms with Gasteiger partial charge >= 0.3 is 0 Å². The van der Waals surface area contributed by atoms with Crippen molar-refractivity contribution in [1.29, 1.82) is 0 Å². The lowest BCUT2D eigenvalue weighted by atomic mass is 10.2. The van der Waals surface area contributed by atoms with Crippen molar-refractivity contribution in [3.8, 4) is 5.75 Å². The summed E-state index contributed by atoms with van der Waals surface area (Å²) in [5.74, 6) is 0.850. The number of halogens is 1. The molecule has 0 radical (unpaired) electrons. The van der Waals surface area contributed by atoms with Crippen molar-refractivity contribution in [3.63, 3.8) is 0 Å². The van der Waals surface area contributed by atoms with Crippen molar-refractivity contribution in [3.05, 3.63) is 28.8 Å². The standard InChI is InChI=1S/C10H11ClO2/c1-7-9(11)3-2-4-10(7)13-6-8-5-12-8/h2-4,8H,5-6H2,1H3. The van der Waals surface area contributed by atoms with Crippen LogP contribution in [-0.4, -0.2) is 19.3 Å². The second-order valence-electron chi connectivity index (χ2n) is 3.13. The molecule has 0 aliphatic carbocycles. The van der Waals surface area contributed by atoms with Crippen LogP contribution in [0.3, 0.4) is 0 Å². The van der Waals surface area contributed by atoms with Crippen molar-refractivity contribution in [1.82, 2.24) is 0 Å². The largest absolute Gasteiger partial charge is 0.490 e. The van der Waals surface area contributed by atoms with E-state index in [1.807, 2.05) is 25.1 Å². The van der Waals surface area contributed by atoms with E-state index < -0.39 is 0 Å². The van der Waals surface area contributed by atoms with Crippen LogP contribution in [0.1, 0.15) is 5.56 Å². The number of rotatable bonds is 3. The molecule has 1 aliphatic heterocycles. The minimum absolute atomic E-state index is 0.290. The maximum absolute atomic E-state index is 5.93. The summed E-state index contributed by atoms with van der Waals surface area (Å²) in [7, 11) is 0. The summed E-state index contributed by atoms with van der Waals surface area (Å²) >= 11 is 5.93. The molecular formula is C10H11ClO2. The zero-order chi connectivity index (χ0) is 9.26. The number of hydrogen-bond acceptors (Lipinski definition) is 2. The lowest BCUT2D eigenvalue weighted by Gasteiger charge is -2.08. The van der Waals surface area contributed by atoms with E-state index in [9.17, 15) is 0 Å². The molecule has 0 saturated carbocycles. The Morgan fingerprint density at radius 3 is 3.08 bits per heavy atom. The summed E-state index contributed by atoms with van der Waals surface area (Å²) in [4.78, 5) is 0. The number of epoxide rings is 1. The van der Waals surface area contributed by atoms with Gasteiger partial charge in [0.2, 0.25) is 0 Å². The maximum Gasteiger partial charge on any atom is 0.123 e. The second-order valence-corrected chi connectivity index (χ2v) is 3.54. The fraction of sp³-hybridized carbons (Fsp3) is 0.400. The predicted octanol–water partition coefficient (Wildman–Crippen LogP) is 2.43. The minimum atomic E-state index is 0.290. The first-order chi connectivity index (χ1) is 6.27. The van der Waals surface area contributed by atoms with Crippen LogP contribution in [0.15, 0.2) is 18.2 Å². The molecule has 0 bridgehead atoms. The second kappa shape index (κ2) is 3.56. The number of ether oxygens (including phenoxy) is 2. The van der Waals surface area contributed by atoms with Gasteiger partial charge in [0, 0.05) is 10.6 Å². The highest BCUT2D eigenvalue weighted by molar-refractivity contribution is 6.31. The van der Waals surface area contributed by atoms with Gasteiger partial charge in [-0.2, -0.15) is 0 Å². The Morgan fingerprint density at radius 2 is 2.38 bits per heavy atom. The van der Waals surface area contributed by atoms with Gasteiger partial charge in [0.15, 0.2) is 0 Å². The average Bonchev–Trinajstić information content (AvgIpc) is 2.91. The zero-order valence-electron chi connectivity index (χ0n) is 7.42. The monoisotopic (exact) mass is 198 g/mol. The van der Waals surface area contributed by atoms with E-state index in [0.717, 1.165) is 22.9 Å². The Balaban J connectivity index is 2.05. The lowest BCUT2D eigenvalue weighted by Crippen LogP contribution is -2.04. The molecule has 0 spiro atoms. The van der Waals surface area contributed by atoms with Gasteiger partial charge in [-0.25, -0.2) is 0 Å². The third-order valence-corrected chi connectivity index (χ3v) is 2.45. The highest BCUT2D eigenvalue weighted by Gasteiger charge is 2.23. The Hall–Kier alpha value is -0.730. The predicted molar refractivity (Wildman–Crippen MR) is 51.4 cm³/mol. The van der Waals surface area contributed by atoms with Crippen molar-refractivity contribution in [2.24, 2.45) is 0 Å². The molecule has 1 aromatic rings. The third kappa shape index (κ3) is 2.14. The average molecular weight is 199 g/mol. The van der Waals surface area contributed by atoms with Crippen LogP contribution < -0.4 is 4.74 Å². The van der Waals surface area contributed by atoms with Crippen LogP contribution in [-0.2, 0) is 4.74 Å². The maximum atomic E-state index is 5.93. The van der Waals surface area contributed by atoms with Gasteiger partial charge in [0.05, 0.1) is 6.61 Å². The number of benzene rings is 1. The quantitative estimate of drug-likeness (QED) is 0.696. The van der Waals surface area contributed by atoms with E-state index in [2.05, 4.69) is 0 Å². The topological polar surface area (TPSA) is 21.8 Å². The summed E-state index contributed by atoms with van der Waals surface area (Å²) in [5, 5.41) is 0.745. The molecule has 2 nitrogen and oxygen atoms in total. The Kier molecular flexibility index (Phi) is 2.42. The fourth-order valence-corrected chi connectivity index (χ4v) is 1.26. The summed E-state index contributed by atoms with van der Waals surface area (Å²) < 4.78 is 10.6. The van der Waals surface area contributed by atoms with E-state index in [1.165, 1.54) is 0 Å². The SMILES string of the molecule is Cc1c(Cl)cccc1OCC1CO1. The zero-order valence-corrected chi connectivity index (χ0v) is 8.17. The summed E-state index contributed by atoms with van der Waals surface area (Å²) in [6.45, 7) is 3.40. The van der Waals surface area contributed by atoms with E-state index in [4.69, 9.17) is 21.1 Å². The van der Waals surface area contributed by atoms with Crippen LogP contribution in [0.25, 0.3) is 0 Å². The molecule has 1 saturated heterocycles. The van der Waals surface area contributed by atoms with Crippen LogP contribution >= 0.6 is 11.6 Å². The molecule has 3 heteroatoms. The molecule has 1 fully saturated rings. The van der Waals surface area contributed by atoms with Crippen LogP contribution in [0.4, 0.5) is 0 Å². The third-order valence-electron chi connectivity index (χ3n) is 2.05. The Morgan fingerprint density at radius 1 is 1.62 bits per heavy atom. The molecule has 70 valence electrons. The highest BCUT2D eigenvalue weighted by atomic mass is 35.5.